The molecule has 0 aliphatic carbocycles. The number of benzene rings is 1. The van der Waals surface area contributed by atoms with Crippen LogP contribution in [0.2, 0.25) is 0 Å². The van der Waals surface area contributed by atoms with Gasteiger partial charge in [0.15, 0.2) is 0 Å². The summed E-state index contributed by atoms with van der Waals surface area (Å²) in [7, 11) is 1.61. The number of methoxy groups -OCH3 is 1. The van der Waals surface area contributed by atoms with Gasteiger partial charge in [0.2, 0.25) is 5.91 Å². The van der Waals surface area contributed by atoms with E-state index in [1.165, 1.54) is 0 Å². The molecule has 31 heavy (non-hydrogen) atoms. The molecule has 4 rings (SSSR count). The van der Waals surface area contributed by atoms with Gasteiger partial charge in [-0.1, -0.05) is 6.07 Å². The van der Waals surface area contributed by atoms with E-state index in [4.69, 9.17) is 9.47 Å². The molecule has 0 bridgehead atoms. The molecular formula is C22H24N6O3. The van der Waals surface area contributed by atoms with Gasteiger partial charge in [0, 0.05) is 31.2 Å². The first-order chi connectivity index (χ1) is 15.2. The van der Waals surface area contributed by atoms with Crippen molar-refractivity contribution < 1.29 is 14.3 Å². The third-order valence-electron chi connectivity index (χ3n) is 4.81. The smallest absolute Gasteiger partial charge is 0.238 e. The van der Waals surface area contributed by atoms with Crippen LogP contribution in [0.15, 0.2) is 61.1 Å². The molecule has 2 aromatic heterocycles. The molecule has 1 saturated heterocycles. The molecule has 9 heteroatoms. The van der Waals surface area contributed by atoms with Crippen LogP contribution in [0, 0.1) is 0 Å². The SMILES string of the molecule is COc1ccc(NC(=O)CN2CCO[C@@H](c3cccc(Nc4cnccn4)n3)C2)cc1. The van der Waals surface area contributed by atoms with Crippen molar-refractivity contribution in [2.75, 3.05) is 44.0 Å². The van der Waals surface area contributed by atoms with E-state index in [9.17, 15) is 4.79 Å². The van der Waals surface area contributed by atoms with Crippen molar-refractivity contribution in [2.24, 2.45) is 0 Å². The number of ether oxygens (including phenoxy) is 2. The molecule has 3 heterocycles. The first-order valence-electron chi connectivity index (χ1n) is 9.97. The zero-order valence-electron chi connectivity index (χ0n) is 17.2. The fourth-order valence-corrected chi connectivity index (χ4v) is 3.30. The first kappa shape index (κ1) is 20.7. The van der Waals surface area contributed by atoms with Crippen LogP contribution in [0.4, 0.5) is 17.3 Å². The van der Waals surface area contributed by atoms with Gasteiger partial charge in [-0.25, -0.2) is 9.97 Å². The summed E-state index contributed by atoms with van der Waals surface area (Å²) in [4.78, 5) is 27.4. The van der Waals surface area contributed by atoms with Crippen molar-refractivity contribution >= 4 is 23.2 Å². The van der Waals surface area contributed by atoms with Crippen LogP contribution in [0.3, 0.4) is 0 Å². The van der Waals surface area contributed by atoms with E-state index in [1.54, 1.807) is 25.7 Å². The number of amides is 1. The van der Waals surface area contributed by atoms with E-state index in [0.717, 1.165) is 17.1 Å². The second-order valence-corrected chi connectivity index (χ2v) is 7.03. The molecule has 1 aromatic carbocycles. The van der Waals surface area contributed by atoms with Crippen LogP contribution in [0.5, 0.6) is 5.75 Å². The van der Waals surface area contributed by atoms with Gasteiger partial charge in [0.05, 0.1) is 32.2 Å². The van der Waals surface area contributed by atoms with Crippen LogP contribution in [0.1, 0.15) is 11.8 Å². The van der Waals surface area contributed by atoms with Crippen molar-refractivity contribution in [1.29, 1.82) is 0 Å². The zero-order chi connectivity index (χ0) is 21.5. The highest BCUT2D eigenvalue weighted by atomic mass is 16.5. The van der Waals surface area contributed by atoms with Crippen molar-refractivity contribution in [3.63, 3.8) is 0 Å². The molecule has 1 atom stereocenters. The zero-order valence-corrected chi connectivity index (χ0v) is 17.2. The molecule has 9 nitrogen and oxygen atoms in total. The van der Waals surface area contributed by atoms with Crippen LogP contribution in [-0.2, 0) is 9.53 Å². The average Bonchev–Trinajstić information content (AvgIpc) is 2.80. The third kappa shape index (κ3) is 5.74. The summed E-state index contributed by atoms with van der Waals surface area (Å²) in [5.41, 5.74) is 1.54. The number of hydrogen-bond acceptors (Lipinski definition) is 8. The van der Waals surface area contributed by atoms with Crippen LogP contribution >= 0.6 is 0 Å². The average molecular weight is 420 g/mol. The fraction of sp³-hybridized carbons (Fsp3) is 0.273. The lowest BCUT2D eigenvalue weighted by Gasteiger charge is -2.32. The molecule has 1 fully saturated rings. The molecular weight excluding hydrogens is 396 g/mol. The second kappa shape index (κ2) is 9.96. The Hall–Kier alpha value is -3.56. The van der Waals surface area contributed by atoms with E-state index in [2.05, 4.69) is 30.5 Å². The standard InChI is InChI=1S/C22H24N6O3/c1-30-17-7-5-16(6-8-17)25-22(29)15-28-11-12-31-19(14-28)18-3-2-4-20(26-18)27-21-13-23-9-10-24-21/h2-10,13,19H,11-12,14-15H2,1H3,(H,25,29)(H,24,26,27)/t19-/m1/s1. The summed E-state index contributed by atoms with van der Waals surface area (Å²) in [6, 6.07) is 13.0. The van der Waals surface area contributed by atoms with Gasteiger partial charge in [0.1, 0.15) is 23.5 Å². The Balaban J connectivity index is 1.34. The largest absolute Gasteiger partial charge is 0.497 e. The maximum atomic E-state index is 12.5. The first-order valence-corrected chi connectivity index (χ1v) is 9.97. The van der Waals surface area contributed by atoms with Crippen molar-refractivity contribution in [3.05, 3.63) is 66.7 Å². The van der Waals surface area contributed by atoms with Gasteiger partial charge >= 0.3 is 0 Å². The minimum Gasteiger partial charge on any atom is -0.497 e. The Labute approximate surface area is 180 Å². The Morgan fingerprint density at radius 2 is 2.06 bits per heavy atom. The molecule has 1 amide bonds. The number of aromatic nitrogens is 3. The van der Waals surface area contributed by atoms with Gasteiger partial charge in [0.25, 0.3) is 0 Å². The minimum atomic E-state index is -0.217. The van der Waals surface area contributed by atoms with Gasteiger partial charge < -0.3 is 20.1 Å². The maximum Gasteiger partial charge on any atom is 0.238 e. The lowest BCUT2D eigenvalue weighted by molar-refractivity contribution is -0.119. The number of hydrogen-bond donors (Lipinski definition) is 2. The molecule has 0 unspecified atom stereocenters. The summed E-state index contributed by atoms with van der Waals surface area (Å²) in [5, 5.41) is 6.05. The molecule has 0 spiro atoms. The second-order valence-electron chi connectivity index (χ2n) is 7.03. The van der Waals surface area contributed by atoms with Gasteiger partial charge in [-0.2, -0.15) is 0 Å². The molecule has 160 valence electrons. The number of nitrogens with zero attached hydrogens (tertiary/aromatic N) is 4. The van der Waals surface area contributed by atoms with E-state index in [-0.39, 0.29) is 18.6 Å². The molecule has 3 aromatic rings. The van der Waals surface area contributed by atoms with Crippen molar-refractivity contribution in [1.82, 2.24) is 19.9 Å². The fourth-order valence-electron chi connectivity index (χ4n) is 3.30. The van der Waals surface area contributed by atoms with Crippen molar-refractivity contribution in [2.45, 2.75) is 6.10 Å². The van der Waals surface area contributed by atoms with Gasteiger partial charge in [-0.15, -0.1) is 0 Å². The van der Waals surface area contributed by atoms with E-state index < -0.39 is 0 Å². The van der Waals surface area contributed by atoms with Crippen molar-refractivity contribution in [3.8, 4) is 5.75 Å². The predicted octanol–water partition coefficient (Wildman–Crippen LogP) is 2.64. The Morgan fingerprint density at radius 1 is 1.19 bits per heavy atom. The Bertz CT molecular complexity index is 1000. The third-order valence-corrected chi connectivity index (χ3v) is 4.81. The number of carbonyl (C=O) groups excluding carboxylic acids is 1. The monoisotopic (exact) mass is 420 g/mol. The molecule has 0 radical (unpaired) electrons. The highest BCUT2D eigenvalue weighted by Gasteiger charge is 2.24. The molecule has 0 saturated carbocycles. The number of rotatable bonds is 7. The molecule has 1 aliphatic heterocycles. The number of carbonyl (C=O) groups is 1. The number of anilines is 3. The number of pyridine rings is 1. The minimum absolute atomic E-state index is 0.0724. The van der Waals surface area contributed by atoms with E-state index >= 15 is 0 Å². The van der Waals surface area contributed by atoms with Gasteiger partial charge in [-0.3, -0.25) is 14.7 Å². The number of nitrogens with one attached hydrogen (secondary N) is 2. The molecule has 2 N–H and O–H groups in total. The summed E-state index contributed by atoms with van der Waals surface area (Å²) < 4.78 is 11.1. The van der Waals surface area contributed by atoms with Gasteiger partial charge in [-0.05, 0) is 36.4 Å². The summed E-state index contributed by atoms with van der Waals surface area (Å²) in [5.74, 6) is 1.96. The highest BCUT2D eigenvalue weighted by Crippen LogP contribution is 2.23. The summed E-state index contributed by atoms with van der Waals surface area (Å²) >= 11 is 0. The Morgan fingerprint density at radius 3 is 2.84 bits per heavy atom. The highest BCUT2D eigenvalue weighted by molar-refractivity contribution is 5.92. The lowest BCUT2D eigenvalue weighted by Crippen LogP contribution is -2.42. The lowest BCUT2D eigenvalue weighted by atomic mass is 10.2. The van der Waals surface area contributed by atoms with E-state index in [0.29, 0.717) is 31.3 Å². The normalized spacial score (nSPS) is 16.5. The quantitative estimate of drug-likeness (QED) is 0.602. The molecule has 1 aliphatic rings. The topological polar surface area (TPSA) is 102 Å². The number of morpholine rings is 1. The van der Waals surface area contributed by atoms with Crippen LogP contribution in [-0.4, -0.2) is 59.1 Å². The summed E-state index contributed by atoms with van der Waals surface area (Å²) in [6.07, 6.45) is 4.65. The van der Waals surface area contributed by atoms with E-state index in [1.807, 2.05) is 42.5 Å². The summed E-state index contributed by atoms with van der Waals surface area (Å²) in [6.45, 7) is 2.08. The van der Waals surface area contributed by atoms with Crippen LogP contribution < -0.4 is 15.4 Å². The predicted molar refractivity (Wildman–Crippen MR) is 116 cm³/mol. The Kier molecular flexibility index (Phi) is 6.65. The maximum absolute atomic E-state index is 12.5. The van der Waals surface area contributed by atoms with Crippen LogP contribution in [0.25, 0.3) is 0 Å².